The lowest BCUT2D eigenvalue weighted by molar-refractivity contribution is -0.125. The molecule has 0 aliphatic carbocycles. The van der Waals surface area contributed by atoms with Gasteiger partial charge in [-0.15, -0.1) is 0 Å². The summed E-state index contributed by atoms with van der Waals surface area (Å²) in [7, 11) is 0. The fourth-order valence-electron chi connectivity index (χ4n) is 3.29. The third-order valence-electron chi connectivity index (χ3n) is 5.08. The predicted octanol–water partition coefficient (Wildman–Crippen LogP) is 2.33. The van der Waals surface area contributed by atoms with Gasteiger partial charge < -0.3 is 4.57 Å². The smallest absolute Gasteiger partial charge is 0.261 e. The number of carbonyl (C=O) groups is 1. The van der Waals surface area contributed by atoms with Crippen molar-refractivity contribution in [1.82, 2.24) is 4.57 Å². The maximum absolute atomic E-state index is 12.9. The Bertz CT molecular complexity index is 900. The number of rotatable bonds is 3. The quantitative estimate of drug-likeness (QED) is 0.695. The first-order valence-electron chi connectivity index (χ1n) is 8.51. The number of hydrogen-bond donors (Lipinski definition) is 1. The van der Waals surface area contributed by atoms with Crippen LogP contribution in [0.2, 0.25) is 0 Å². The molecule has 126 valence electrons. The molecule has 1 unspecified atom stereocenters. The number of nitrogens with two attached hydrogens (primary N) is 1. The molecule has 0 saturated carbocycles. The molecule has 24 heavy (non-hydrogen) atoms. The van der Waals surface area contributed by atoms with Crippen molar-refractivity contribution in [3.05, 3.63) is 45.7 Å². The Morgan fingerprint density at radius 3 is 2.71 bits per heavy atom. The number of hydrogen-bond acceptors (Lipinski definition) is 2. The van der Waals surface area contributed by atoms with Crippen LogP contribution in [0.25, 0.3) is 10.9 Å². The van der Waals surface area contributed by atoms with E-state index in [2.05, 4.69) is 13.0 Å². The zero-order chi connectivity index (χ0) is 17.6. The fraction of sp³-hybridized carbons (Fsp3) is 0.450. The van der Waals surface area contributed by atoms with Crippen LogP contribution < -0.4 is 11.0 Å². The van der Waals surface area contributed by atoms with Gasteiger partial charge in [0.2, 0.25) is 0 Å². The maximum atomic E-state index is 12.9. The molecule has 0 fully saturated rings. The Hall–Kier alpha value is -2.23. The Balaban J connectivity index is 2.12. The summed E-state index contributed by atoms with van der Waals surface area (Å²) in [6.07, 6.45) is 1.03. The molecule has 1 aromatic carbocycles. The van der Waals surface area contributed by atoms with E-state index in [0.29, 0.717) is 18.2 Å². The number of aromatic nitrogens is 1. The molecule has 2 heterocycles. The first kappa shape index (κ1) is 16.6. The summed E-state index contributed by atoms with van der Waals surface area (Å²) in [5.41, 5.74) is 2.59. The van der Waals surface area contributed by atoms with Crippen LogP contribution in [0.1, 0.15) is 62.4 Å². The number of ketones is 1. The van der Waals surface area contributed by atoms with Crippen LogP contribution in [0, 0.1) is 5.41 Å². The monoisotopic (exact) mass is 325 g/mol. The predicted molar refractivity (Wildman–Crippen MR) is 96.6 cm³/mol. The summed E-state index contributed by atoms with van der Waals surface area (Å²) >= 11 is 0. The molecular weight excluding hydrogens is 300 g/mol. The average Bonchev–Trinajstić information content (AvgIpc) is 2.51. The molecule has 2 aromatic rings. The van der Waals surface area contributed by atoms with E-state index in [-0.39, 0.29) is 28.7 Å². The van der Waals surface area contributed by atoms with Crippen LogP contribution in [-0.4, -0.2) is 16.1 Å². The summed E-state index contributed by atoms with van der Waals surface area (Å²) in [6.45, 7) is 8.76. The van der Waals surface area contributed by atoms with Crippen molar-refractivity contribution < 1.29 is 10.2 Å². The topological polar surface area (TPSA) is 64.7 Å². The Labute approximate surface area is 142 Å². The Morgan fingerprint density at radius 1 is 1.33 bits per heavy atom. The minimum Gasteiger partial charge on any atom is -0.307 e. The van der Waals surface area contributed by atoms with E-state index < -0.39 is 0 Å². The van der Waals surface area contributed by atoms with Crippen LogP contribution in [0.4, 0.5) is 0 Å². The molecule has 1 aliphatic heterocycles. The fourth-order valence-corrected chi connectivity index (χ4v) is 3.29. The van der Waals surface area contributed by atoms with Crippen LogP contribution in [0.3, 0.4) is 0 Å². The standard InChI is InChI=1S/C20H24N2O2/c1-12-8-9-22-18-13(6-5-7-14(12)18)10-15(19(22)24)16(23)11-17(21)20(2,3)4/h5-7,10,12,21H,8-9,11H2,1-4H3/p+1. The number of pyridine rings is 1. The van der Waals surface area contributed by atoms with E-state index in [4.69, 9.17) is 5.41 Å². The van der Waals surface area contributed by atoms with Crippen molar-refractivity contribution in [2.45, 2.75) is 53.0 Å². The minimum absolute atomic E-state index is 0.111. The molecule has 0 radical (unpaired) electrons. The summed E-state index contributed by atoms with van der Waals surface area (Å²) in [5.74, 6) is 0.238. The Morgan fingerprint density at radius 2 is 2.04 bits per heavy atom. The van der Waals surface area contributed by atoms with Gasteiger partial charge in [0.05, 0.1) is 17.5 Å². The van der Waals surface area contributed by atoms with E-state index >= 15 is 0 Å². The molecule has 4 nitrogen and oxygen atoms in total. The number of carbonyl (C=O) groups excluding carboxylic acids is 1. The van der Waals surface area contributed by atoms with Gasteiger partial charge in [-0.3, -0.25) is 15.0 Å². The molecule has 3 rings (SSSR count). The highest BCUT2D eigenvalue weighted by Crippen LogP contribution is 2.32. The van der Waals surface area contributed by atoms with Crippen LogP contribution in [-0.2, 0) is 6.54 Å². The van der Waals surface area contributed by atoms with E-state index in [1.54, 1.807) is 10.6 Å². The second-order valence-corrected chi connectivity index (χ2v) is 7.86. The molecule has 0 amide bonds. The highest BCUT2D eigenvalue weighted by Gasteiger charge is 2.28. The molecule has 0 saturated heterocycles. The zero-order valence-corrected chi connectivity index (χ0v) is 14.8. The SMILES string of the molecule is CC1CCn2c(=O)c(C(=O)CC(=[NH2+])C(C)(C)C)cc3cccc1c32. The summed E-state index contributed by atoms with van der Waals surface area (Å²) in [5, 5.41) is 7.02. The van der Waals surface area contributed by atoms with Gasteiger partial charge >= 0.3 is 0 Å². The number of aryl methyl sites for hydroxylation is 1. The van der Waals surface area contributed by atoms with Crippen molar-refractivity contribution in [1.29, 1.82) is 0 Å². The molecule has 0 bridgehead atoms. The highest BCUT2D eigenvalue weighted by molar-refractivity contribution is 6.10. The van der Waals surface area contributed by atoms with E-state index in [1.165, 1.54) is 5.56 Å². The third-order valence-corrected chi connectivity index (χ3v) is 5.08. The molecule has 1 atom stereocenters. The third kappa shape index (κ3) is 2.70. The lowest BCUT2D eigenvalue weighted by Crippen LogP contribution is -2.48. The second-order valence-electron chi connectivity index (χ2n) is 7.86. The lowest BCUT2D eigenvalue weighted by Gasteiger charge is -2.25. The number of Topliss-reactive ketones (excluding diaryl/α,β-unsaturated/α-hetero) is 1. The van der Waals surface area contributed by atoms with Gasteiger partial charge in [-0.1, -0.05) is 45.9 Å². The number of para-hydroxylation sites is 1. The summed E-state index contributed by atoms with van der Waals surface area (Å²) in [4.78, 5) is 25.6. The summed E-state index contributed by atoms with van der Waals surface area (Å²) < 4.78 is 1.77. The molecular formula is C20H25N2O2+. The first-order chi connectivity index (χ1) is 11.2. The second kappa shape index (κ2) is 5.69. The molecule has 1 aromatic heterocycles. The van der Waals surface area contributed by atoms with E-state index in [9.17, 15) is 9.59 Å². The highest BCUT2D eigenvalue weighted by atomic mass is 16.1. The molecule has 1 aliphatic rings. The van der Waals surface area contributed by atoms with Crippen molar-refractivity contribution in [2.24, 2.45) is 5.41 Å². The van der Waals surface area contributed by atoms with Gasteiger partial charge in [-0.2, -0.15) is 0 Å². The van der Waals surface area contributed by atoms with Gasteiger partial charge in [0, 0.05) is 12.0 Å². The lowest BCUT2D eigenvalue weighted by atomic mass is 9.86. The van der Waals surface area contributed by atoms with Gasteiger partial charge in [-0.25, -0.2) is 0 Å². The van der Waals surface area contributed by atoms with Gasteiger partial charge in [0.1, 0.15) is 0 Å². The van der Waals surface area contributed by atoms with E-state index in [1.807, 2.05) is 32.9 Å². The van der Waals surface area contributed by atoms with Crippen LogP contribution in [0.15, 0.2) is 29.1 Å². The Kier molecular flexibility index (Phi) is 3.94. The van der Waals surface area contributed by atoms with Crippen molar-refractivity contribution in [3.8, 4) is 0 Å². The average molecular weight is 325 g/mol. The normalized spacial score (nSPS) is 17.1. The zero-order valence-electron chi connectivity index (χ0n) is 14.8. The van der Waals surface area contributed by atoms with Gasteiger partial charge in [-0.05, 0) is 29.4 Å². The first-order valence-corrected chi connectivity index (χ1v) is 8.51. The number of benzene rings is 1. The van der Waals surface area contributed by atoms with Crippen LogP contribution in [0.5, 0.6) is 0 Å². The summed E-state index contributed by atoms with van der Waals surface area (Å²) in [6, 6.07) is 7.79. The molecule has 4 heteroatoms. The number of nitrogens with zero attached hydrogens (tertiary/aromatic N) is 1. The minimum atomic E-state index is -0.250. The molecule has 0 spiro atoms. The van der Waals surface area contributed by atoms with Crippen LogP contribution >= 0.6 is 0 Å². The van der Waals surface area contributed by atoms with Crippen molar-refractivity contribution in [3.63, 3.8) is 0 Å². The molecule has 2 N–H and O–H groups in total. The maximum Gasteiger partial charge on any atom is 0.261 e. The van der Waals surface area contributed by atoms with E-state index in [0.717, 1.165) is 17.3 Å². The van der Waals surface area contributed by atoms with Gasteiger partial charge in [0.15, 0.2) is 11.5 Å². The largest absolute Gasteiger partial charge is 0.307 e. The van der Waals surface area contributed by atoms with Gasteiger partial charge in [0.25, 0.3) is 5.56 Å². The van der Waals surface area contributed by atoms with Crippen molar-refractivity contribution in [2.75, 3.05) is 0 Å². The van der Waals surface area contributed by atoms with Crippen molar-refractivity contribution >= 4 is 22.4 Å².